The Morgan fingerprint density at radius 2 is 1.92 bits per heavy atom. The van der Waals surface area contributed by atoms with Crippen molar-refractivity contribution in [2.75, 3.05) is 19.6 Å². The number of esters is 1. The van der Waals surface area contributed by atoms with Gasteiger partial charge in [0.25, 0.3) is 0 Å². The van der Waals surface area contributed by atoms with Gasteiger partial charge in [0.1, 0.15) is 6.10 Å². The zero-order valence-corrected chi connectivity index (χ0v) is 16.2. The minimum absolute atomic E-state index is 0.0495. The first-order valence-corrected chi connectivity index (χ1v) is 9.81. The van der Waals surface area contributed by atoms with Crippen molar-refractivity contribution in [3.63, 3.8) is 0 Å². The van der Waals surface area contributed by atoms with E-state index >= 15 is 0 Å². The highest BCUT2D eigenvalue weighted by Crippen LogP contribution is 2.53. The monoisotopic (exact) mass is 359 g/mol. The topological polar surface area (TPSA) is 55.8 Å². The van der Waals surface area contributed by atoms with E-state index in [4.69, 9.17) is 9.47 Å². The van der Waals surface area contributed by atoms with Gasteiger partial charge in [0.15, 0.2) is 5.78 Å². The van der Waals surface area contributed by atoms with Gasteiger partial charge in [-0.15, -0.1) is 0 Å². The van der Waals surface area contributed by atoms with Crippen LogP contribution in [0, 0.1) is 17.3 Å². The number of hydrogen-bond donors (Lipinski definition) is 0. The standard InChI is InChI=1S/C21H29NO4/c1-12-9-22(10-13(2)25-12)11-16-15-5-7-21(4)8-6-17(23)14(3)18(21)19(15)26-20(16)24/h6,8,12-13,15-16,19H,5,7,9-11H2,1-4H3. The second kappa shape index (κ2) is 6.31. The molecule has 6 unspecified atom stereocenters. The second-order valence-corrected chi connectivity index (χ2v) is 8.80. The summed E-state index contributed by atoms with van der Waals surface area (Å²) in [6.45, 7) is 10.6. The number of fused-ring (bicyclic) bond motifs is 3. The predicted molar refractivity (Wildman–Crippen MR) is 97.5 cm³/mol. The fraction of sp³-hybridized carbons (Fsp3) is 0.714. The number of carbonyl (C=O) groups is 2. The van der Waals surface area contributed by atoms with Crippen LogP contribution in [-0.2, 0) is 19.1 Å². The third kappa shape index (κ3) is 2.85. The SMILES string of the molecule is CC1=C2C3OC(=O)C(CN4CC(C)OC(C)C4)C3CCC2(C)C=CC1=O. The van der Waals surface area contributed by atoms with Crippen LogP contribution in [0.5, 0.6) is 0 Å². The maximum atomic E-state index is 12.7. The molecule has 5 nitrogen and oxygen atoms in total. The summed E-state index contributed by atoms with van der Waals surface area (Å²) in [6.07, 6.45) is 5.76. The Bertz CT molecular complexity index is 686. The second-order valence-electron chi connectivity index (χ2n) is 8.80. The molecule has 2 heterocycles. The number of ether oxygens (including phenoxy) is 2. The van der Waals surface area contributed by atoms with Crippen molar-refractivity contribution in [2.45, 2.75) is 58.8 Å². The Balaban J connectivity index is 1.57. The predicted octanol–water partition coefficient (Wildman–Crippen LogP) is 2.51. The average molecular weight is 359 g/mol. The lowest BCUT2D eigenvalue weighted by Gasteiger charge is -2.43. The highest BCUT2D eigenvalue weighted by atomic mass is 16.6. The molecular weight excluding hydrogens is 330 g/mol. The number of hydrogen-bond acceptors (Lipinski definition) is 5. The van der Waals surface area contributed by atoms with Crippen LogP contribution >= 0.6 is 0 Å². The summed E-state index contributed by atoms with van der Waals surface area (Å²) in [5.41, 5.74) is 1.66. The van der Waals surface area contributed by atoms with Gasteiger partial charge < -0.3 is 9.47 Å². The van der Waals surface area contributed by atoms with Gasteiger partial charge in [-0.2, -0.15) is 0 Å². The van der Waals surface area contributed by atoms with E-state index in [1.165, 1.54) is 0 Å². The summed E-state index contributed by atoms with van der Waals surface area (Å²) in [4.78, 5) is 27.3. The lowest BCUT2D eigenvalue weighted by atomic mass is 9.61. The first-order valence-electron chi connectivity index (χ1n) is 9.81. The Morgan fingerprint density at radius 1 is 1.23 bits per heavy atom. The Labute approximate surface area is 155 Å². The number of ketones is 1. The van der Waals surface area contributed by atoms with Gasteiger partial charge in [0.2, 0.25) is 0 Å². The quantitative estimate of drug-likeness (QED) is 0.709. The van der Waals surface area contributed by atoms with Crippen LogP contribution in [0.1, 0.15) is 40.5 Å². The summed E-state index contributed by atoms with van der Waals surface area (Å²) >= 11 is 0. The van der Waals surface area contributed by atoms with Crippen LogP contribution in [0.2, 0.25) is 0 Å². The summed E-state index contributed by atoms with van der Waals surface area (Å²) < 4.78 is 11.7. The molecule has 142 valence electrons. The van der Waals surface area contributed by atoms with E-state index < -0.39 is 0 Å². The molecule has 0 aromatic rings. The molecule has 6 atom stereocenters. The molecule has 2 aliphatic carbocycles. The highest BCUT2D eigenvalue weighted by molar-refractivity contribution is 6.05. The van der Waals surface area contributed by atoms with Crippen molar-refractivity contribution >= 4 is 11.8 Å². The molecule has 2 aliphatic heterocycles. The fourth-order valence-corrected chi connectivity index (χ4v) is 5.49. The number of rotatable bonds is 2. The molecule has 0 spiro atoms. The molecule has 0 aromatic carbocycles. The van der Waals surface area contributed by atoms with Crippen molar-refractivity contribution in [1.29, 1.82) is 0 Å². The number of carbonyl (C=O) groups excluding carboxylic acids is 2. The van der Waals surface area contributed by atoms with Crippen LogP contribution in [0.3, 0.4) is 0 Å². The van der Waals surface area contributed by atoms with E-state index in [-0.39, 0.29) is 47.3 Å². The van der Waals surface area contributed by atoms with Gasteiger partial charge in [0, 0.05) is 36.5 Å². The summed E-state index contributed by atoms with van der Waals surface area (Å²) in [7, 11) is 0. The van der Waals surface area contributed by atoms with Gasteiger partial charge in [0.05, 0.1) is 18.1 Å². The number of nitrogens with zero attached hydrogens (tertiary/aromatic N) is 1. The molecule has 2 saturated heterocycles. The summed E-state index contributed by atoms with van der Waals surface area (Å²) in [5, 5.41) is 0. The summed E-state index contributed by atoms with van der Waals surface area (Å²) in [6, 6.07) is 0. The van der Waals surface area contributed by atoms with E-state index in [1.54, 1.807) is 6.08 Å². The molecule has 0 bridgehead atoms. The molecule has 0 radical (unpaired) electrons. The number of morpholine rings is 1. The van der Waals surface area contributed by atoms with Gasteiger partial charge in [-0.1, -0.05) is 13.0 Å². The van der Waals surface area contributed by atoms with Crippen molar-refractivity contribution in [3.05, 3.63) is 23.3 Å². The largest absolute Gasteiger partial charge is 0.457 e. The molecule has 0 amide bonds. The maximum Gasteiger partial charge on any atom is 0.311 e. The van der Waals surface area contributed by atoms with E-state index in [9.17, 15) is 9.59 Å². The van der Waals surface area contributed by atoms with E-state index in [0.717, 1.165) is 43.6 Å². The third-order valence-corrected chi connectivity index (χ3v) is 6.67. The summed E-state index contributed by atoms with van der Waals surface area (Å²) in [5.74, 6) is 0.0171. The minimum Gasteiger partial charge on any atom is -0.457 e. The van der Waals surface area contributed by atoms with E-state index in [1.807, 2.05) is 13.0 Å². The van der Waals surface area contributed by atoms with Gasteiger partial charge in [-0.3, -0.25) is 14.5 Å². The van der Waals surface area contributed by atoms with Gasteiger partial charge >= 0.3 is 5.97 Å². The lowest BCUT2D eigenvalue weighted by Crippen LogP contribution is -2.49. The van der Waals surface area contributed by atoms with Crippen LogP contribution in [0.15, 0.2) is 23.3 Å². The third-order valence-electron chi connectivity index (χ3n) is 6.67. The van der Waals surface area contributed by atoms with E-state index in [0.29, 0.717) is 0 Å². The Morgan fingerprint density at radius 3 is 2.62 bits per heavy atom. The Hall–Kier alpha value is -1.46. The smallest absolute Gasteiger partial charge is 0.311 e. The number of allylic oxidation sites excluding steroid dienone is 3. The van der Waals surface area contributed by atoms with Crippen molar-refractivity contribution < 1.29 is 19.1 Å². The molecule has 4 aliphatic rings. The van der Waals surface area contributed by atoms with E-state index in [2.05, 4.69) is 25.7 Å². The first kappa shape index (κ1) is 17.9. The van der Waals surface area contributed by atoms with Crippen LogP contribution in [0.25, 0.3) is 0 Å². The lowest BCUT2D eigenvalue weighted by molar-refractivity contribution is -0.145. The molecule has 0 aromatic heterocycles. The van der Waals surface area contributed by atoms with Gasteiger partial charge in [-0.25, -0.2) is 0 Å². The molecule has 5 heteroatoms. The molecule has 26 heavy (non-hydrogen) atoms. The minimum atomic E-state index is -0.240. The fourth-order valence-electron chi connectivity index (χ4n) is 5.49. The average Bonchev–Trinajstić information content (AvgIpc) is 2.86. The highest BCUT2D eigenvalue weighted by Gasteiger charge is 2.54. The van der Waals surface area contributed by atoms with Gasteiger partial charge in [-0.05, 0) is 45.3 Å². The van der Waals surface area contributed by atoms with Crippen LogP contribution in [-0.4, -0.2) is 54.6 Å². The van der Waals surface area contributed by atoms with Crippen LogP contribution in [0.4, 0.5) is 0 Å². The zero-order valence-electron chi connectivity index (χ0n) is 16.2. The molecular formula is C21H29NO4. The van der Waals surface area contributed by atoms with Crippen molar-refractivity contribution in [3.8, 4) is 0 Å². The molecule has 3 fully saturated rings. The molecule has 0 N–H and O–H groups in total. The molecule has 4 rings (SSSR count). The molecule has 1 saturated carbocycles. The first-order chi connectivity index (χ1) is 12.3. The van der Waals surface area contributed by atoms with Crippen molar-refractivity contribution in [2.24, 2.45) is 17.3 Å². The maximum absolute atomic E-state index is 12.7. The van der Waals surface area contributed by atoms with Crippen molar-refractivity contribution in [1.82, 2.24) is 4.90 Å². The normalized spacial score (nSPS) is 43.3. The zero-order chi connectivity index (χ0) is 18.6. The Kier molecular flexibility index (Phi) is 4.35. The van der Waals surface area contributed by atoms with Crippen LogP contribution < -0.4 is 0 Å².